The Hall–Kier alpha value is -0.590. The minimum absolute atomic E-state index is 0.348. The van der Waals surface area contributed by atoms with Crippen molar-refractivity contribution in [3.8, 4) is 0 Å². The van der Waals surface area contributed by atoms with Gasteiger partial charge < -0.3 is 0 Å². The molecule has 5 atom stereocenters. The molecule has 0 heterocycles. The van der Waals surface area contributed by atoms with Crippen LogP contribution < -0.4 is 0 Å². The number of rotatable bonds is 0. The Labute approximate surface area is 123 Å². The second-order valence-corrected chi connectivity index (χ2v) is 8.29. The number of fused-ring (bicyclic) bond motifs is 5. The fraction of sp³-hybridized carbons (Fsp3) is 0.789. The normalized spacial score (nSPS) is 51.0. The van der Waals surface area contributed by atoms with Crippen molar-refractivity contribution in [2.75, 3.05) is 0 Å². The van der Waals surface area contributed by atoms with Crippen molar-refractivity contribution in [2.24, 2.45) is 28.6 Å². The molecule has 0 bridgehead atoms. The van der Waals surface area contributed by atoms with E-state index in [1.54, 1.807) is 0 Å². The average Bonchev–Trinajstić information content (AvgIpc) is 2.81. The van der Waals surface area contributed by atoms with Crippen LogP contribution in [0.15, 0.2) is 11.6 Å². The van der Waals surface area contributed by atoms with Crippen LogP contribution >= 0.6 is 0 Å². The molecule has 4 rings (SSSR count). The van der Waals surface area contributed by atoms with Crippen molar-refractivity contribution in [3.63, 3.8) is 0 Å². The molecule has 3 saturated carbocycles. The van der Waals surface area contributed by atoms with Gasteiger partial charge in [-0.15, -0.1) is 0 Å². The first-order valence-electron chi connectivity index (χ1n) is 8.61. The first kappa shape index (κ1) is 13.1. The Kier molecular flexibility index (Phi) is 2.76. The molecule has 4 aliphatic rings. The van der Waals surface area contributed by atoms with Crippen LogP contribution in [0.2, 0.25) is 0 Å². The summed E-state index contributed by atoms with van der Waals surface area (Å²) in [6.07, 6.45) is 14.6. The summed E-state index contributed by atoms with van der Waals surface area (Å²) in [6.45, 7) is 4.99. The molecular weight excluding hydrogens is 244 g/mol. The molecule has 0 aromatic heterocycles. The number of hydrogen-bond donors (Lipinski definition) is 0. The van der Waals surface area contributed by atoms with E-state index in [2.05, 4.69) is 20.3 Å². The number of allylic oxidation sites excluding steroid dienone is 1. The van der Waals surface area contributed by atoms with Crippen molar-refractivity contribution < 1.29 is 4.79 Å². The maximum atomic E-state index is 11.8. The van der Waals surface area contributed by atoms with E-state index in [9.17, 15) is 4.79 Å². The van der Waals surface area contributed by atoms with Crippen LogP contribution in [-0.4, -0.2) is 5.78 Å². The largest absolute Gasteiger partial charge is 0.295 e. The highest BCUT2D eigenvalue weighted by molar-refractivity contribution is 5.91. The molecule has 3 fully saturated rings. The molecule has 4 aliphatic carbocycles. The smallest absolute Gasteiger partial charge is 0.155 e. The highest BCUT2D eigenvalue weighted by Crippen LogP contribution is 2.64. The summed E-state index contributed by atoms with van der Waals surface area (Å²) >= 11 is 0. The standard InChI is InChI=1S/C19H27O/c1-18-9-3-4-16(18)15-6-5-13-12-14(20)7-11-19(13,2)17(15)8-10-18/h9,12,15-17H,3-8,10-11H2,1-2H3. The van der Waals surface area contributed by atoms with E-state index in [-0.39, 0.29) is 0 Å². The van der Waals surface area contributed by atoms with Gasteiger partial charge in [0.2, 0.25) is 0 Å². The van der Waals surface area contributed by atoms with Crippen LogP contribution in [0, 0.1) is 35.0 Å². The van der Waals surface area contributed by atoms with Crippen molar-refractivity contribution in [1.29, 1.82) is 0 Å². The van der Waals surface area contributed by atoms with E-state index in [1.165, 1.54) is 44.1 Å². The van der Waals surface area contributed by atoms with Gasteiger partial charge in [0.15, 0.2) is 5.78 Å². The summed E-state index contributed by atoms with van der Waals surface area (Å²) in [7, 11) is 0. The average molecular weight is 271 g/mol. The zero-order chi connectivity index (χ0) is 14.0. The first-order valence-corrected chi connectivity index (χ1v) is 8.61. The highest BCUT2D eigenvalue weighted by atomic mass is 16.1. The lowest BCUT2D eigenvalue weighted by atomic mass is 9.47. The second-order valence-electron chi connectivity index (χ2n) is 8.29. The van der Waals surface area contributed by atoms with Gasteiger partial charge in [0.05, 0.1) is 0 Å². The Morgan fingerprint density at radius 2 is 1.90 bits per heavy atom. The topological polar surface area (TPSA) is 17.1 Å². The number of ketones is 1. The number of hydrogen-bond acceptors (Lipinski definition) is 1. The van der Waals surface area contributed by atoms with Gasteiger partial charge in [0.1, 0.15) is 0 Å². The van der Waals surface area contributed by atoms with Crippen molar-refractivity contribution in [3.05, 3.63) is 18.1 Å². The first-order chi connectivity index (χ1) is 9.53. The molecule has 1 nitrogen and oxygen atoms in total. The third-order valence-corrected chi connectivity index (χ3v) is 7.49. The van der Waals surface area contributed by atoms with Gasteiger partial charge in [0.25, 0.3) is 0 Å². The van der Waals surface area contributed by atoms with Crippen LogP contribution in [0.3, 0.4) is 0 Å². The van der Waals surface area contributed by atoms with Crippen molar-refractivity contribution in [1.82, 2.24) is 0 Å². The minimum Gasteiger partial charge on any atom is -0.295 e. The van der Waals surface area contributed by atoms with Crippen molar-refractivity contribution in [2.45, 2.75) is 65.2 Å². The molecule has 1 radical (unpaired) electrons. The lowest BCUT2D eigenvalue weighted by Gasteiger charge is -2.57. The molecule has 1 heteroatoms. The molecule has 109 valence electrons. The molecule has 0 saturated heterocycles. The zero-order valence-electron chi connectivity index (χ0n) is 13.0. The molecule has 0 N–H and O–H groups in total. The number of carbonyl (C=O) groups excluding carboxylic acids is 1. The SMILES string of the molecule is CC12[CH]CCC1C1CCC3=CC(=O)CCC3(C)C1CC2. The molecular formula is C19H27O. The molecule has 0 spiro atoms. The van der Waals surface area contributed by atoms with Gasteiger partial charge >= 0.3 is 0 Å². The molecule has 20 heavy (non-hydrogen) atoms. The van der Waals surface area contributed by atoms with Gasteiger partial charge in [-0.25, -0.2) is 0 Å². The fourth-order valence-corrected chi connectivity index (χ4v) is 6.30. The second kappa shape index (κ2) is 4.21. The zero-order valence-corrected chi connectivity index (χ0v) is 13.0. The third-order valence-electron chi connectivity index (χ3n) is 7.49. The third kappa shape index (κ3) is 1.64. The lowest BCUT2D eigenvalue weighted by Crippen LogP contribution is -2.49. The van der Waals surface area contributed by atoms with Crippen LogP contribution in [0.1, 0.15) is 65.2 Å². The summed E-state index contributed by atoms with van der Waals surface area (Å²) in [6, 6.07) is 0. The maximum absolute atomic E-state index is 11.8. The predicted molar refractivity (Wildman–Crippen MR) is 81.0 cm³/mol. The summed E-state index contributed by atoms with van der Waals surface area (Å²) < 4.78 is 0. The Morgan fingerprint density at radius 1 is 1.05 bits per heavy atom. The van der Waals surface area contributed by atoms with E-state index in [0.717, 1.165) is 30.6 Å². The fourth-order valence-electron chi connectivity index (χ4n) is 6.30. The van der Waals surface area contributed by atoms with Crippen LogP contribution in [0.5, 0.6) is 0 Å². The van der Waals surface area contributed by atoms with Gasteiger partial charge in [-0.3, -0.25) is 4.79 Å². The van der Waals surface area contributed by atoms with Crippen LogP contribution in [0.25, 0.3) is 0 Å². The Balaban J connectivity index is 1.69. The predicted octanol–water partition coefficient (Wildman–Crippen LogP) is 4.72. The number of carbonyl (C=O) groups is 1. The maximum Gasteiger partial charge on any atom is 0.155 e. The van der Waals surface area contributed by atoms with Gasteiger partial charge in [-0.2, -0.15) is 0 Å². The molecule has 0 aromatic carbocycles. The van der Waals surface area contributed by atoms with E-state index in [0.29, 0.717) is 16.6 Å². The molecule has 0 aromatic rings. The van der Waals surface area contributed by atoms with Crippen molar-refractivity contribution >= 4 is 5.78 Å². The van der Waals surface area contributed by atoms with E-state index < -0.39 is 0 Å². The van der Waals surface area contributed by atoms with Crippen LogP contribution in [0.4, 0.5) is 0 Å². The summed E-state index contributed by atoms with van der Waals surface area (Å²) in [5, 5.41) is 0. The minimum atomic E-state index is 0.348. The Bertz CT molecular complexity index is 476. The molecule has 0 amide bonds. The van der Waals surface area contributed by atoms with E-state index >= 15 is 0 Å². The molecule has 0 aliphatic heterocycles. The van der Waals surface area contributed by atoms with Crippen LogP contribution in [-0.2, 0) is 4.79 Å². The van der Waals surface area contributed by atoms with E-state index in [4.69, 9.17) is 0 Å². The lowest BCUT2D eigenvalue weighted by molar-refractivity contribution is -0.117. The monoisotopic (exact) mass is 271 g/mol. The van der Waals surface area contributed by atoms with Gasteiger partial charge in [-0.05, 0) is 86.0 Å². The van der Waals surface area contributed by atoms with E-state index in [1.807, 2.05) is 6.08 Å². The summed E-state index contributed by atoms with van der Waals surface area (Å²) in [5.74, 6) is 3.08. The summed E-state index contributed by atoms with van der Waals surface area (Å²) in [4.78, 5) is 11.8. The summed E-state index contributed by atoms with van der Waals surface area (Å²) in [5.41, 5.74) is 2.38. The van der Waals surface area contributed by atoms with Gasteiger partial charge in [0, 0.05) is 6.42 Å². The molecule has 5 unspecified atom stereocenters. The quantitative estimate of drug-likeness (QED) is 0.623. The highest BCUT2D eigenvalue weighted by Gasteiger charge is 2.56. The van der Waals surface area contributed by atoms with Gasteiger partial charge in [-0.1, -0.05) is 19.4 Å². The Morgan fingerprint density at radius 3 is 2.75 bits per heavy atom.